The first kappa shape index (κ1) is 14.6. The van der Waals surface area contributed by atoms with Gasteiger partial charge in [0.2, 0.25) is 0 Å². The lowest BCUT2D eigenvalue weighted by Gasteiger charge is -2.18. The van der Waals surface area contributed by atoms with Crippen LogP contribution in [0.2, 0.25) is 5.02 Å². The summed E-state index contributed by atoms with van der Waals surface area (Å²) in [6.07, 6.45) is 4.42. The van der Waals surface area contributed by atoms with Gasteiger partial charge in [0, 0.05) is 10.6 Å². The summed E-state index contributed by atoms with van der Waals surface area (Å²) in [5, 5.41) is 12.7. The van der Waals surface area contributed by atoms with Gasteiger partial charge in [-0.2, -0.15) is 0 Å². The molecule has 0 saturated carbocycles. The number of nitrogens with one attached hydrogen (secondary N) is 1. The van der Waals surface area contributed by atoms with Crippen LogP contribution >= 0.6 is 11.6 Å². The number of fused-ring (bicyclic) bond motifs is 1. The standard InChI is InChI=1S/C15H14ClN3O3/c16-9-3-4-10-11(2-1-5-22-13(10)6-9)19-14-8-17-12(7-18-14)15(20)21/h3-4,6-8,11H,1-2,5H2,(H,18,19)(H,20,21). The molecule has 22 heavy (non-hydrogen) atoms. The molecular weight excluding hydrogens is 306 g/mol. The average molecular weight is 320 g/mol. The van der Waals surface area contributed by atoms with E-state index in [1.54, 1.807) is 6.07 Å². The molecule has 1 aliphatic rings. The van der Waals surface area contributed by atoms with E-state index in [0.29, 0.717) is 17.4 Å². The zero-order chi connectivity index (χ0) is 15.5. The van der Waals surface area contributed by atoms with E-state index in [9.17, 15) is 4.79 Å². The number of carboxylic acids is 1. The van der Waals surface area contributed by atoms with Crippen LogP contribution in [0.25, 0.3) is 0 Å². The average Bonchev–Trinajstić information content (AvgIpc) is 2.70. The van der Waals surface area contributed by atoms with Crippen molar-refractivity contribution in [3.63, 3.8) is 0 Å². The highest BCUT2D eigenvalue weighted by atomic mass is 35.5. The fraction of sp³-hybridized carbons (Fsp3) is 0.267. The summed E-state index contributed by atoms with van der Waals surface area (Å²) >= 11 is 6.01. The summed E-state index contributed by atoms with van der Waals surface area (Å²) in [6, 6.07) is 5.57. The molecule has 0 radical (unpaired) electrons. The minimum Gasteiger partial charge on any atom is -0.493 e. The molecule has 7 heteroatoms. The van der Waals surface area contributed by atoms with Crippen molar-refractivity contribution in [1.82, 2.24) is 9.97 Å². The molecule has 0 fully saturated rings. The number of carbonyl (C=O) groups is 1. The number of hydrogen-bond donors (Lipinski definition) is 2. The van der Waals surface area contributed by atoms with Crippen molar-refractivity contribution in [3.05, 3.63) is 46.9 Å². The van der Waals surface area contributed by atoms with E-state index in [-0.39, 0.29) is 11.7 Å². The minimum absolute atomic E-state index is 0.0137. The van der Waals surface area contributed by atoms with Crippen LogP contribution < -0.4 is 10.1 Å². The van der Waals surface area contributed by atoms with Crippen LogP contribution in [0.15, 0.2) is 30.6 Å². The van der Waals surface area contributed by atoms with Crippen molar-refractivity contribution < 1.29 is 14.6 Å². The van der Waals surface area contributed by atoms with Gasteiger partial charge in [0.1, 0.15) is 11.6 Å². The Bertz CT molecular complexity index is 691. The van der Waals surface area contributed by atoms with E-state index in [4.69, 9.17) is 21.4 Å². The summed E-state index contributed by atoms with van der Waals surface area (Å²) in [5.74, 6) is 0.192. The molecule has 0 amide bonds. The van der Waals surface area contributed by atoms with Crippen molar-refractivity contribution in [1.29, 1.82) is 0 Å². The van der Waals surface area contributed by atoms with E-state index in [1.807, 2.05) is 12.1 Å². The van der Waals surface area contributed by atoms with Crippen LogP contribution in [0.3, 0.4) is 0 Å². The molecule has 0 saturated heterocycles. The van der Waals surface area contributed by atoms with Gasteiger partial charge < -0.3 is 15.2 Å². The zero-order valence-corrected chi connectivity index (χ0v) is 12.4. The molecule has 3 rings (SSSR count). The largest absolute Gasteiger partial charge is 0.493 e. The molecule has 2 heterocycles. The Balaban J connectivity index is 1.84. The van der Waals surface area contributed by atoms with Crippen LogP contribution in [0.5, 0.6) is 5.75 Å². The van der Waals surface area contributed by atoms with Crippen LogP contribution in [0.4, 0.5) is 5.82 Å². The number of carboxylic acid groups (broad SMARTS) is 1. The van der Waals surface area contributed by atoms with Crippen molar-refractivity contribution in [2.75, 3.05) is 11.9 Å². The van der Waals surface area contributed by atoms with Crippen LogP contribution in [0, 0.1) is 0 Å². The Morgan fingerprint density at radius 1 is 1.36 bits per heavy atom. The topological polar surface area (TPSA) is 84.3 Å². The highest BCUT2D eigenvalue weighted by molar-refractivity contribution is 6.30. The van der Waals surface area contributed by atoms with Gasteiger partial charge in [-0.05, 0) is 25.0 Å². The first-order chi connectivity index (χ1) is 10.6. The molecular formula is C15H14ClN3O3. The van der Waals surface area contributed by atoms with Gasteiger partial charge >= 0.3 is 5.97 Å². The Morgan fingerprint density at radius 3 is 2.95 bits per heavy atom. The number of hydrogen-bond acceptors (Lipinski definition) is 5. The highest BCUT2D eigenvalue weighted by Gasteiger charge is 2.20. The van der Waals surface area contributed by atoms with Gasteiger partial charge in [-0.15, -0.1) is 0 Å². The van der Waals surface area contributed by atoms with Crippen molar-refractivity contribution >= 4 is 23.4 Å². The van der Waals surface area contributed by atoms with E-state index in [0.717, 1.165) is 24.2 Å². The number of aromatic nitrogens is 2. The highest BCUT2D eigenvalue weighted by Crippen LogP contribution is 2.35. The number of rotatable bonds is 3. The molecule has 2 aromatic rings. The maximum absolute atomic E-state index is 10.8. The Labute approximate surface area is 132 Å². The van der Waals surface area contributed by atoms with Crippen LogP contribution in [0.1, 0.15) is 34.9 Å². The number of aromatic carboxylic acids is 1. The van der Waals surface area contributed by atoms with Gasteiger partial charge in [-0.1, -0.05) is 17.7 Å². The summed E-state index contributed by atoms with van der Waals surface area (Å²) in [6.45, 7) is 0.634. The van der Waals surface area contributed by atoms with Crippen molar-refractivity contribution in [2.45, 2.75) is 18.9 Å². The Kier molecular flexibility index (Phi) is 4.11. The predicted octanol–water partition coefficient (Wildman–Crippen LogP) is 3.15. The third kappa shape index (κ3) is 3.12. The van der Waals surface area contributed by atoms with Crippen molar-refractivity contribution in [3.8, 4) is 5.75 Å². The zero-order valence-electron chi connectivity index (χ0n) is 11.6. The molecule has 1 aromatic heterocycles. The quantitative estimate of drug-likeness (QED) is 0.904. The summed E-state index contributed by atoms with van der Waals surface area (Å²) < 4.78 is 5.71. The second kappa shape index (κ2) is 6.19. The number of nitrogens with zero attached hydrogens (tertiary/aromatic N) is 2. The van der Waals surface area contributed by atoms with Crippen LogP contribution in [-0.2, 0) is 0 Å². The van der Waals surface area contributed by atoms with E-state index in [1.165, 1.54) is 12.4 Å². The monoisotopic (exact) mass is 319 g/mol. The van der Waals surface area contributed by atoms with E-state index < -0.39 is 5.97 Å². The summed E-state index contributed by atoms with van der Waals surface area (Å²) in [4.78, 5) is 18.7. The molecule has 1 aliphatic heterocycles. The Hall–Kier alpha value is -2.34. The second-order valence-corrected chi connectivity index (χ2v) is 5.40. The predicted molar refractivity (Wildman–Crippen MR) is 81.5 cm³/mol. The van der Waals surface area contributed by atoms with Crippen molar-refractivity contribution in [2.24, 2.45) is 0 Å². The normalized spacial score (nSPS) is 17.0. The molecule has 114 valence electrons. The summed E-state index contributed by atoms with van der Waals surface area (Å²) in [7, 11) is 0. The molecule has 6 nitrogen and oxygen atoms in total. The lowest BCUT2D eigenvalue weighted by molar-refractivity contribution is 0.0690. The van der Waals surface area contributed by atoms with Gasteiger partial charge in [0.25, 0.3) is 0 Å². The fourth-order valence-corrected chi connectivity index (χ4v) is 2.55. The number of halogens is 1. The fourth-order valence-electron chi connectivity index (χ4n) is 2.39. The lowest BCUT2D eigenvalue weighted by Crippen LogP contribution is -2.12. The third-order valence-corrected chi connectivity index (χ3v) is 3.67. The minimum atomic E-state index is -1.10. The first-order valence-electron chi connectivity index (χ1n) is 6.87. The molecule has 1 atom stereocenters. The number of ether oxygens (including phenoxy) is 1. The molecule has 0 bridgehead atoms. The lowest BCUT2D eigenvalue weighted by atomic mass is 10.0. The van der Waals surface area contributed by atoms with Gasteiger partial charge in [-0.25, -0.2) is 14.8 Å². The molecule has 1 unspecified atom stereocenters. The maximum atomic E-state index is 10.8. The summed E-state index contributed by atoms with van der Waals surface area (Å²) in [5.41, 5.74) is 0.924. The molecule has 0 aliphatic carbocycles. The Morgan fingerprint density at radius 2 is 2.23 bits per heavy atom. The van der Waals surface area contributed by atoms with E-state index in [2.05, 4.69) is 15.3 Å². The van der Waals surface area contributed by atoms with Gasteiger partial charge in [0.15, 0.2) is 5.69 Å². The maximum Gasteiger partial charge on any atom is 0.356 e. The number of anilines is 1. The van der Waals surface area contributed by atoms with Crippen LogP contribution in [-0.4, -0.2) is 27.7 Å². The molecule has 2 N–H and O–H groups in total. The second-order valence-electron chi connectivity index (χ2n) is 4.96. The molecule has 1 aromatic carbocycles. The van der Waals surface area contributed by atoms with Gasteiger partial charge in [0.05, 0.1) is 25.0 Å². The van der Waals surface area contributed by atoms with Gasteiger partial charge in [-0.3, -0.25) is 0 Å². The smallest absolute Gasteiger partial charge is 0.356 e. The third-order valence-electron chi connectivity index (χ3n) is 3.44. The van der Waals surface area contributed by atoms with E-state index >= 15 is 0 Å². The molecule has 0 spiro atoms. The SMILES string of the molecule is O=C(O)c1cnc(NC2CCCOc3cc(Cl)ccc32)cn1. The first-order valence-corrected chi connectivity index (χ1v) is 7.25. The number of benzene rings is 1.